The highest BCUT2D eigenvalue weighted by Gasteiger charge is 2.21. The number of hydrazine groups is 1. The van der Waals surface area contributed by atoms with E-state index in [0.29, 0.717) is 18.4 Å². The van der Waals surface area contributed by atoms with E-state index < -0.39 is 0 Å². The molecule has 2 heterocycles. The molecule has 0 amide bonds. The summed E-state index contributed by atoms with van der Waals surface area (Å²) in [5, 5.41) is 9.73. The van der Waals surface area contributed by atoms with Crippen LogP contribution in [0.5, 0.6) is 0 Å². The van der Waals surface area contributed by atoms with Gasteiger partial charge in [-0.25, -0.2) is 5.84 Å². The van der Waals surface area contributed by atoms with Crippen molar-refractivity contribution in [3.05, 3.63) is 71.7 Å². The summed E-state index contributed by atoms with van der Waals surface area (Å²) in [5.74, 6) is 6.57. The zero-order chi connectivity index (χ0) is 28.9. The lowest BCUT2D eigenvalue weighted by Crippen LogP contribution is -2.35. The molecule has 0 saturated heterocycles. The number of allylic oxidation sites excluding steroid dienone is 1. The van der Waals surface area contributed by atoms with Crippen LogP contribution >= 0.6 is 0 Å². The maximum Gasteiger partial charge on any atom is 0.137 e. The van der Waals surface area contributed by atoms with Crippen molar-refractivity contribution in [2.75, 3.05) is 0 Å². The molecule has 0 fully saturated rings. The van der Waals surface area contributed by atoms with Crippen molar-refractivity contribution in [3.8, 4) is 0 Å². The van der Waals surface area contributed by atoms with Crippen LogP contribution in [0.1, 0.15) is 103 Å². The fourth-order valence-electron chi connectivity index (χ4n) is 5.09. The van der Waals surface area contributed by atoms with Crippen molar-refractivity contribution in [2.24, 2.45) is 17.7 Å². The molecular weight excluding hydrogens is 482 g/mol. The zero-order valence-electron chi connectivity index (χ0n) is 25.0. The summed E-state index contributed by atoms with van der Waals surface area (Å²) in [6.45, 7) is 15.0. The van der Waals surface area contributed by atoms with E-state index in [1.807, 2.05) is 50.4 Å². The highest BCUT2D eigenvalue weighted by molar-refractivity contribution is 5.88. The molecule has 0 aliphatic carbocycles. The molecule has 3 unspecified atom stereocenters. The molecule has 2 aromatic heterocycles. The van der Waals surface area contributed by atoms with E-state index in [-0.39, 0.29) is 17.7 Å². The number of aromatic nitrogens is 2. The molecule has 3 N–H and O–H groups in total. The third-order valence-electron chi connectivity index (χ3n) is 7.42. The molecule has 0 radical (unpaired) electrons. The first-order valence-corrected chi connectivity index (χ1v) is 14.4. The minimum Gasteiger partial charge on any atom is -0.344 e. The van der Waals surface area contributed by atoms with Crippen molar-refractivity contribution in [3.63, 3.8) is 0 Å². The lowest BCUT2D eigenvalue weighted by atomic mass is 9.94. The Kier molecular flexibility index (Phi) is 13.1. The number of pyridine rings is 1. The summed E-state index contributed by atoms with van der Waals surface area (Å²) in [7, 11) is 0. The number of benzene rings is 1. The predicted molar refractivity (Wildman–Crippen MR) is 166 cm³/mol. The van der Waals surface area contributed by atoms with Gasteiger partial charge in [0.05, 0.1) is 17.9 Å². The largest absolute Gasteiger partial charge is 0.344 e. The van der Waals surface area contributed by atoms with Crippen molar-refractivity contribution in [1.82, 2.24) is 14.6 Å². The average Bonchev–Trinajstić information content (AvgIpc) is 3.36. The van der Waals surface area contributed by atoms with E-state index in [2.05, 4.69) is 68.6 Å². The van der Waals surface area contributed by atoms with Crippen LogP contribution in [0.4, 0.5) is 0 Å². The first-order valence-electron chi connectivity index (χ1n) is 14.4. The van der Waals surface area contributed by atoms with Gasteiger partial charge < -0.3 is 4.57 Å². The Bertz CT molecular complexity index is 1200. The van der Waals surface area contributed by atoms with E-state index in [1.165, 1.54) is 40.7 Å². The first-order chi connectivity index (χ1) is 18.7. The Morgan fingerprint density at radius 1 is 1.13 bits per heavy atom. The summed E-state index contributed by atoms with van der Waals surface area (Å²) in [6, 6.07) is 12.1. The second-order valence-electron chi connectivity index (χ2n) is 10.7. The molecule has 1 aromatic carbocycles. The van der Waals surface area contributed by atoms with Crippen molar-refractivity contribution < 1.29 is 4.79 Å². The van der Waals surface area contributed by atoms with Crippen LogP contribution in [-0.2, 0) is 4.79 Å². The number of fused-ring (bicyclic) bond motifs is 1. The molecule has 3 rings (SSSR count). The fraction of sp³-hybridized carbons (Fsp3) is 0.485. The maximum atomic E-state index is 11.8. The van der Waals surface area contributed by atoms with Crippen molar-refractivity contribution in [2.45, 2.75) is 92.7 Å². The van der Waals surface area contributed by atoms with Crippen LogP contribution in [0.3, 0.4) is 0 Å². The van der Waals surface area contributed by atoms with Gasteiger partial charge >= 0.3 is 0 Å². The van der Waals surface area contributed by atoms with Gasteiger partial charge in [0, 0.05) is 47.4 Å². The Balaban J connectivity index is 0.000000283. The number of carbonyl (C=O) groups excluding carboxylic acids is 1. The summed E-state index contributed by atoms with van der Waals surface area (Å²) >= 11 is 0. The molecule has 0 bridgehead atoms. The summed E-state index contributed by atoms with van der Waals surface area (Å²) < 4.78 is 2.50. The van der Waals surface area contributed by atoms with Gasteiger partial charge in [0.1, 0.15) is 5.78 Å². The number of carbonyl (C=O) groups is 1. The van der Waals surface area contributed by atoms with Gasteiger partial charge in [-0.2, -0.15) is 0 Å². The minimum absolute atomic E-state index is 0.0136. The van der Waals surface area contributed by atoms with Crippen LogP contribution in [-0.4, -0.2) is 26.7 Å². The van der Waals surface area contributed by atoms with Gasteiger partial charge in [0.15, 0.2) is 0 Å². The molecule has 0 aliphatic heterocycles. The van der Waals surface area contributed by atoms with Crippen molar-refractivity contribution in [1.29, 1.82) is 5.41 Å². The van der Waals surface area contributed by atoms with E-state index in [4.69, 9.17) is 11.3 Å². The lowest BCUT2D eigenvalue weighted by molar-refractivity contribution is -0.122. The Hall–Kier alpha value is -3.25. The molecule has 39 heavy (non-hydrogen) atoms. The number of Topliss-reactive ketones (excluding diaryl/α,β-unsaturated/α-hetero) is 1. The van der Waals surface area contributed by atoms with E-state index in [1.54, 1.807) is 0 Å². The Morgan fingerprint density at radius 2 is 1.82 bits per heavy atom. The first kappa shape index (κ1) is 32.0. The monoisotopic (exact) mass is 531 g/mol. The molecule has 0 saturated carbocycles. The Labute approximate surface area is 235 Å². The number of rotatable bonds is 13. The Morgan fingerprint density at radius 3 is 2.38 bits per heavy atom. The molecule has 0 aliphatic rings. The molecule has 3 atom stereocenters. The highest BCUT2D eigenvalue weighted by Crippen LogP contribution is 2.32. The van der Waals surface area contributed by atoms with Gasteiger partial charge in [-0.3, -0.25) is 20.2 Å². The summed E-state index contributed by atoms with van der Waals surface area (Å²) in [6.07, 6.45) is 14.9. The third-order valence-corrected chi connectivity index (χ3v) is 7.42. The van der Waals surface area contributed by atoms with Gasteiger partial charge in [0.25, 0.3) is 0 Å². The standard InChI is InChI=1S/C20H30N2.C13H19N3O/c1-6-9-11-18-16(5)21-14-17-12-13-22(20(17)18)19(8-3)15(4)10-7-2;1-10(2)13(17)8-12(16(15)9-14)11-6-4-3-5-7-11/h9,11-15,19H,6-8,10H2,1-5H3;3-7,9-10,12,14H,8,15H2,1-2H3/b11-9-;. The molecule has 212 valence electrons. The topological polar surface area (TPSA) is 88.0 Å². The second-order valence-corrected chi connectivity index (χ2v) is 10.7. The van der Waals surface area contributed by atoms with Crippen LogP contribution in [0, 0.1) is 24.2 Å². The summed E-state index contributed by atoms with van der Waals surface area (Å²) in [5.41, 5.74) is 4.71. The molecule has 3 aromatic rings. The maximum absolute atomic E-state index is 11.8. The lowest BCUT2D eigenvalue weighted by Gasteiger charge is -2.26. The zero-order valence-corrected chi connectivity index (χ0v) is 25.0. The molecule has 6 nitrogen and oxygen atoms in total. The predicted octanol–water partition coefficient (Wildman–Crippen LogP) is 8.28. The number of hydrogen-bond acceptors (Lipinski definition) is 4. The van der Waals surface area contributed by atoms with Crippen LogP contribution in [0.2, 0.25) is 0 Å². The average molecular weight is 532 g/mol. The van der Waals surface area contributed by atoms with Gasteiger partial charge in [0.2, 0.25) is 0 Å². The third kappa shape index (κ3) is 8.62. The van der Waals surface area contributed by atoms with Crippen LogP contribution in [0.15, 0.2) is 54.9 Å². The summed E-state index contributed by atoms with van der Waals surface area (Å²) in [4.78, 5) is 16.4. The van der Waals surface area contributed by atoms with Crippen molar-refractivity contribution >= 4 is 29.1 Å². The second kappa shape index (κ2) is 16.0. The SMILES string of the molecule is CC(C)C(=O)CC(c1ccccc1)N(N)C=N.CC/C=C\c1c(C)ncc2ccn(C(CC)C(C)CCC)c12. The normalized spacial score (nSPS) is 13.7. The number of nitrogens with one attached hydrogen (secondary N) is 1. The number of hydrogen-bond donors (Lipinski definition) is 2. The number of nitrogens with zero attached hydrogens (tertiary/aromatic N) is 3. The smallest absolute Gasteiger partial charge is 0.137 e. The quantitative estimate of drug-likeness (QED) is 0.100. The van der Waals surface area contributed by atoms with E-state index >= 15 is 0 Å². The highest BCUT2D eigenvalue weighted by atomic mass is 16.1. The number of ketones is 1. The van der Waals surface area contributed by atoms with E-state index in [9.17, 15) is 4.79 Å². The molecule has 6 heteroatoms. The van der Waals surface area contributed by atoms with Gasteiger partial charge in [-0.15, -0.1) is 0 Å². The van der Waals surface area contributed by atoms with Crippen LogP contribution < -0.4 is 5.84 Å². The number of nitrogens with two attached hydrogens (primary N) is 1. The van der Waals surface area contributed by atoms with Crippen LogP contribution in [0.25, 0.3) is 17.0 Å². The van der Waals surface area contributed by atoms with Gasteiger partial charge in [-0.1, -0.05) is 90.4 Å². The van der Waals surface area contributed by atoms with E-state index in [0.717, 1.165) is 24.0 Å². The fourth-order valence-corrected chi connectivity index (χ4v) is 5.09. The molecule has 0 spiro atoms. The minimum atomic E-state index is -0.261. The van der Waals surface area contributed by atoms with Gasteiger partial charge in [-0.05, 0) is 43.7 Å². The number of aryl methyl sites for hydroxylation is 1. The molecular formula is C33H49N5O.